The zero-order valence-corrected chi connectivity index (χ0v) is 11.5. The number of hydrogen-bond acceptors (Lipinski definition) is 3. The van der Waals surface area contributed by atoms with Crippen LogP contribution in [0.3, 0.4) is 0 Å². The number of carbonyl (C=O) groups is 2. The highest BCUT2D eigenvalue weighted by Gasteiger charge is 2.41. The average Bonchev–Trinajstić information content (AvgIpc) is 2.35. The summed E-state index contributed by atoms with van der Waals surface area (Å²) in [4.78, 5) is 23.2. The van der Waals surface area contributed by atoms with Gasteiger partial charge in [0.2, 0.25) is 5.91 Å². The topological polar surface area (TPSA) is 75.6 Å². The van der Waals surface area contributed by atoms with E-state index in [9.17, 15) is 9.59 Å². The van der Waals surface area contributed by atoms with Crippen LogP contribution in [0.15, 0.2) is 0 Å². The molecule has 1 saturated heterocycles. The minimum atomic E-state index is -0.835. The van der Waals surface area contributed by atoms with Crippen LogP contribution in [-0.2, 0) is 14.3 Å². The fourth-order valence-electron chi connectivity index (χ4n) is 3.04. The van der Waals surface area contributed by atoms with E-state index in [0.717, 1.165) is 45.3 Å². The molecule has 1 heterocycles. The normalized spacial score (nSPS) is 24.3. The summed E-state index contributed by atoms with van der Waals surface area (Å²) in [6, 6.07) is 0. The summed E-state index contributed by atoms with van der Waals surface area (Å²) in [7, 11) is 0. The molecule has 1 aliphatic carbocycles. The zero-order chi connectivity index (χ0) is 13.9. The van der Waals surface area contributed by atoms with Gasteiger partial charge in [0.15, 0.2) is 0 Å². The first kappa shape index (κ1) is 14.3. The van der Waals surface area contributed by atoms with Crippen molar-refractivity contribution in [3.05, 3.63) is 0 Å². The third kappa shape index (κ3) is 3.47. The Kier molecular flexibility index (Phi) is 4.45. The number of hydrogen-bond donors (Lipinski definition) is 2. The Balaban J connectivity index is 1.89. The number of amides is 1. The molecule has 0 radical (unpaired) electrons. The molecule has 0 aromatic heterocycles. The Hall–Kier alpha value is -1.10. The molecule has 1 amide bonds. The van der Waals surface area contributed by atoms with Gasteiger partial charge in [0.1, 0.15) is 0 Å². The number of carboxylic acid groups (broad SMARTS) is 1. The highest BCUT2D eigenvalue weighted by Crippen LogP contribution is 2.36. The van der Waals surface area contributed by atoms with Gasteiger partial charge in [-0.2, -0.15) is 0 Å². The highest BCUT2D eigenvalue weighted by molar-refractivity contribution is 5.80. The van der Waals surface area contributed by atoms with E-state index in [0.29, 0.717) is 5.92 Å². The van der Waals surface area contributed by atoms with Gasteiger partial charge >= 0.3 is 5.97 Å². The quantitative estimate of drug-likeness (QED) is 0.794. The Morgan fingerprint density at radius 3 is 2.47 bits per heavy atom. The van der Waals surface area contributed by atoms with Crippen molar-refractivity contribution in [2.24, 2.45) is 11.8 Å². The lowest BCUT2D eigenvalue weighted by molar-refractivity contribution is -0.141. The maximum Gasteiger partial charge on any atom is 0.305 e. The lowest BCUT2D eigenvalue weighted by atomic mass is 9.73. The predicted octanol–water partition coefficient (Wildman–Crippen LogP) is 1.56. The van der Waals surface area contributed by atoms with Crippen LogP contribution >= 0.6 is 0 Å². The predicted molar refractivity (Wildman–Crippen MR) is 69.7 cm³/mol. The molecule has 2 N–H and O–H groups in total. The molecule has 2 fully saturated rings. The molecule has 0 aromatic rings. The van der Waals surface area contributed by atoms with Crippen molar-refractivity contribution in [1.29, 1.82) is 0 Å². The van der Waals surface area contributed by atoms with E-state index >= 15 is 0 Å². The van der Waals surface area contributed by atoms with Gasteiger partial charge in [-0.25, -0.2) is 0 Å². The minimum absolute atomic E-state index is 0.00727. The van der Waals surface area contributed by atoms with E-state index in [1.807, 2.05) is 6.92 Å². The van der Waals surface area contributed by atoms with E-state index in [2.05, 4.69) is 5.32 Å². The molecule has 0 spiro atoms. The van der Waals surface area contributed by atoms with E-state index in [1.54, 1.807) is 0 Å². The molecule has 0 aromatic carbocycles. The summed E-state index contributed by atoms with van der Waals surface area (Å²) in [5.74, 6) is -0.530. The first-order chi connectivity index (χ1) is 9.02. The summed E-state index contributed by atoms with van der Waals surface area (Å²) in [5, 5.41) is 11.9. The van der Waals surface area contributed by atoms with Gasteiger partial charge in [0.25, 0.3) is 0 Å². The van der Waals surface area contributed by atoms with Crippen LogP contribution < -0.4 is 5.32 Å². The Morgan fingerprint density at radius 1 is 1.37 bits per heavy atom. The molecule has 1 unspecified atom stereocenters. The molecular weight excluding hydrogens is 246 g/mol. The van der Waals surface area contributed by atoms with E-state index in [1.165, 1.54) is 0 Å². The monoisotopic (exact) mass is 269 g/mol. The Bertz CT molecular complexity index is 345. The van der Waals surface area contributed by atoms with Gasteiger partial charge in [0, 0.05) is 19.1 Å². The second-order valence-corrected chi connectivity index (χ2v) is 5.93. The molecule has 1 saturated carbocycles. The fraction of sp³-hybridized carbons (Fsp3) is 0.857. The average molecular weight is 269 g/mol. The van der Waals surface area contributed by atoms with Crippen LogP contribution in [-0.4, -0.2) is 35.7 Å². The molecule has 1 aliphatic heterocycles. The molecule has 108 valence electrons. The van der Waals surface area contributed by atoms with Gasteiger partial charge in [-0.3, -0.25) is 9.59 Å². The Morgan fingerprint density at radius 2 is 2.00 bits per heavy atom. The maximum atomic E-state index is 12.3. The Labute approximate surface area is 113 Å². The van der Waals surface area contributed by atoms with Gasteiger partial charge in [-0.1, -0.05) is 6.92 Å². The molecule has 1 atom stereocenters. The third-order valence-electron chi connectivity index (χ3n) is 4.58. The molecule has 0 bridgehead atoms. The van der Waals surface area contributed by atoms with E-state index in [-0.39, 0.29) is 18.2 Å². The second-order valence-electron chi connectivity index (χ2n) is 5.93. The van der Waals surface area contributed by atoms with Crippen LogP contribution in [0.5, 0.6) is 0 Å². The molecule has 2 aliphatic rings. The number of rotatable bonds is 5. The van der Waals surface area contributed by atoms with Crippen molar-refractivity contribution in [3.8, 4) is 0 Å². The maximum absolute atomic E-state index is 12.3. The van der Waals surface area contributed by atoms with Crippen LogP contribution in [0.2, 0.25) is 0 Å². The first-order valence-electron chi connectivity index (χ1n) is 7.14. The molecule has 5 heteroatoms. The largest absolute Gasteiger partial charge is 0.481 e. The zero-order valence-electron chi connectivity index (χ0n) is 11.5. The van der Waals surface area contributed by atoms with Crippen molar-refractivity contribution in [2.75, 3.05) is 13.2 Å². The van der Waals surface area contributed by atoms with Crippen LogP contribution in [0.25, 0.3) is 0 Å². The standard InChI is InChI=1S/C14H23NO4/c1-10(11-3-7-19-8-4-11)13(18)15-14(5-2-6-14)9-12(16)17/h10-11H,2-9H2,1H3,(H,15,18)(H,16,17). The fourth-order valence-corrected chi connectivity index (χ4v) is 3.04. The first-order valence-corrected chi connectivity index (χ1v) is 7.14. The van der Waals surface area contributed by atoms with Gasteiger partial charge in [-0.15, -0.1) is 0 Å². The lowest BCUT2D eigenvalue weighted by Gasteiger charge is -2.42. The number of aliphatic carboxylic acids is 1. The lowest BCUT2D eigenvalue weighted by Crippen LogP contribution is -2.56. The summed E-state index contributed by atoms with van der Waals surface area (Å²) in [5.41, 5.74) is -0.484. The van der Waals surface area contributed by atoms with Crippen molar-refractivity contribution in [1.82, 2.24) is 5.32 Å². The molecule has 19 heavy (non-hydrogen) atoms. The number of ether oxygens (including phenoxy) is 1. The third-order valence-corrected chi connectivity index (χ3v) is 4.58. The van der Waals surface area contributed by atoms with Crippen molar-refractivity contribution >= 4 is 11.9 Å². The summed E-state index contributed by atoms with van der Waals surface area (Å²) in [6.45, 7) is 3.39. The SMILES string of the molecule is CC(C(=O)NC1(CC(=O)O)CCC1)C1CCOCC1. The number of carboxylic acids is 1. The van der Waals surface area contributed by atoms with Crippen molar-refractivity contribution in [2.45, 2.75) is 51.0 Å². The van der Waals surface area contributed by atoms with Crippen molar-refractivity contribution in [3.63, 3.8) is 0 Å². The molecular formula is C14H23NO4. The summed E-state index contributed by atoms with van der Waals surface area (Å²) >= 11 is 0. The molecule has 2 rings (SSSR count). The summed E-state index contributed by atoms with van der Waals surface area (Å²) < 4.78 is 5.31. The smallest absolute Gasteiger partial charge is 0.305 e. The van der Waals surface area contributed by atoms with Crippen LogP contribution in [0, 0.1) is 11.8 Å². The van der Waals surface area contributed by atoms with Crippen LogP contribution in [0.4, 0.5) is 0 Å². The van der Waals surface area contributed by atoms with E-state index in [4.69, 9.17) is 9.84 Å². The summed E-state index contributed by atoms with van der Waals surface area (Å²) in [6.07, 6.45) is 4.44. The minimum Gasteiger partial charge on any atom is -0.481 e. The number of nitrogens with one attached hydrogen (secondary N) is 1. The second kappa shape index (κ2) is 5.90. The number of carbonyl (C=O) groups excluding carboxylic acids is 1. The van der Waals surface area contributed by atoms with E-state index < -0.39 is 11.5 Å². The molecule has 5 nitrogen and oxygen atoms in total. The van der Waals surface area contributed by atoms with Gasteiger partial charge in [-0.05, 0) is 38.0 Å². The van der Waals surface area contributed by atoms with Crippen LogP contribution in [0.1, 0.15) is 45.4 Å². The van der Waals surface area contributed by atoms with Gasteiger partial charge in [0.05, 0.1) is 12.0 Å². The van der Waals surface area contributed by atoms with Crippen molar-refractivity contribution < 1.29 is 19.4 Å². The highest BCUT2D eigenvalue weighted by atomic mass is 16.5. The van der Waals surface area contributed by atoms with Gasteiger partial charge < -0.3 is 15.2 Å².